The van der Waals surface area contributed by atoms with Crippen LogP contribution in [-0.4, -0.2) is 83.9 Å². The average Bonchev–Trinajstić information content (AvgIpc) is 2.77. The Bertz CT molecular complexity index is 1020. The second kappa shape index (κ2) is 9.42. The van der Waals surface area contributed by atoms with Gasteiger partial charge in [-0.2, -0.15) is 0 Å². The minimum absolute atomic E-state index is 0.289. The molecule has 172 valence electrons. The maximum absolute atomic E-state index is 12.4. The Morgan fingerprint density at radius 2 is 1.66 bits per heavy atom. The van der Waals surface area contributed by atoms with Gasteiger partial charge in [-0.05, 0) is 35.9 Å². The van der Waals surface area contributed by atoms with Crippen LogP contribution in [0.2, 0.25) is 0 Å². The normalized spacial score (nSPS) is 25.7. The summed E-state index contributed by atoms with van der Waals surface area (Å²) >= 11 is 0. The monoisotopic (exact) mass is 450 g/mol. The van der Waals surface area contributed by atoms with E-state index in [4.69, 9.17) is 9.47 Å². The van der Waals surface area contributed by atoms with Gasteiger partial charge in [-0.15, -0.1) is 0 Å². The smallest absolute Gasteiger partial charge is 0.229 e. The number of aliphatic hydroxyl groups excluding tert-OH is 4. The molecule has 0 bridgehead atoms. The van der Waals surface area contributed by atoms with E-state index in [-0.39, 0.29) is 17.1 Å². The van der Waals surface area contributed by atoms with Crippen molar-refractivity contribution >= 4 is 11.9 Å². The van der Waals surface area contributed by atoms with Gasteiger partial charge in [0.05, 0.1) is 12.2 Å². The quantitative estimate of drug-likeness (QED) is 0.162. The Morgan fingerprint density at radius 3 is 2.31 bits per heavy atom. The molecule has 0 aromatic heterocycles. The molecule has 1 fully saturated rings. The Morgan fingerprint density at radius 1 is 0.938 bits per heavy atom. The molecule has 2 aromatic carbocycles. The van der Waals surface area contributed by atoms with Crippen LogP contribution in [0.3, 0.4) is 0 Å². The zero-order valence-electron chi connectivity index (χ0n) is 16.4. The molecule has 0 saturated carbocycles. The van der Waals surface area contributed by atoms with Crippen molar-refractivity contribution in [3.63, 3.8) is 0 Å². The molecule has 1 saturated heterocycles. The first kappa shape index (κ1) is 23.3. The van der Waals surface area contributed by atoms with E-state index in [1.54, 1.807) is 0 Å². The maximum atomic E-state index is 12.4. The number of ether oxygens (including phenoxy) is 2. The molecule has 8 N–H and O–H groups in total. The van der Waals surface area contributed by atoms with E-state index in [1.807, 2.05) is 0 Å². The molecule has 32 heavy (non-hydrogen) atoms. The first-order chi connectivity index (χ1) is 15.1. The zero-order chi connectivity index (χ0) is 23.6. The number of aliphatic hydroxyl groups is 4. The summed E-state index contributed by atoms with van der Waals surface area (Å²) in [6.45, 7) is -0.680. The molecule has 1 heterocycles. The van der Waals surface area contributed by atoms with Crippen LogP contribution in [-0.2, 0) is 4.74 Å². The molecular formula is C21H22O11. The molecular weight excluding hydrogens is 428 g/mol. The third-order valence-electron chi connectivity index (χ3n) is 4.90. The molecule has 1 aliphatic rings. The first-order valence-corrected chi connectivity index (χ1v) is 9.40. The summed E-state index contributed by atoms with van der Waals surface area (Å²) in [7, 11) is 0. The van der Waals surface area contributed by atoms with E-state index in [0.29, 0.717) is 5.56 Å². The van der Waals surface area contributed by atoms with Crippen molar-refractivity contribution in [3.8, 4) is 28.7 Å². The Kier molecular flexibility index (Phi) is 6.87. The van der Waals surface area contributed by atoms with Crippen molar-refractivity contribution in [2.75, 3.05) is 6.61 Å². The number of rotatable bonds is 6. The number of hydrogen-bond acceptors (Lipinski definition) is 11. The highest BCUT2D eigenvalue weighted by atomic mass is 16.7. The topological polar surface area (TPSA) is 197 Å². The fraction of sp³-hybridized carbons (Fsp3) is 0.286. The summed E-state index contributed by atoms with van der Waals surface area (Å²) in [4.78, 5) is 12.4. The molecule has 11 heteroatoms. The molecule has 0 unspecified atom stereocenters. The molecule has 3 rings (SSSR count). The zero-order valence-corrected chi connectivity index (χ0v) is 16.4. The highest BCUT2D eigenvalue weighted by Gasteiger charge is 2.45. The van der Waals surface area contributed by atoms with E-state index in [0.717, 1.165) is 18.2 Å². The SMILES string of the molecule is O=C(/C=C/c1ccc(O)c(O)c1)c1ccc(O[C@@H]2O[C@H](CO)[C@@H](O)[C@H](O)[C@H]2O)c(O)c1O. The van der Waals surface area contributed by atoms with Crippen LogP contribution in [0.15, 0.2) is 36.4 Å². The van der Waals surface area contributed by atoms with Crippen molar-refractivity contribution < 1.29 is 55.1 Å². The summed E-state index contributed by atoms with van der Waals surface area (Å²) in [5.74, 6) is -3.47. The summed E-state index contributed by atoms with van der Waals surface area (Å²) in [5, 5.41) is 78.1. The number of carbonyl (C=O) groups excluding carboxylic acids is 1. The largest absolute Gasteiger partial charge is 0.504 e. The Balaban J connectivity index is 1.78. The summed E-state index contributed by atoms with van der Waals surface area (Å²) < 4.78 is 10.4. The van der Waals surface area contributed by atoms with Crippen LogP contribution in [0.1, 0.15) is 15.9 Å². The summed E-state index contributed by atoms with van der Waals surface area (Å²) in [6, 6.07) is 6.13. The minimum atomic E-state index is -1.74. The van der Waals surface area contributed by atoms with E-state index >= 15 is 0 Å². The van der Waals surface area contributed by atoms with Gasteiger partial charge in [0.2, 0.25) is 12.0 Å². The van der Waals surface area contributed by atoms with Crippen molar-refractivity contribution in [1.82, 2.24) is 0 Å². The van der Waals surface area contributed by atoms with Crippen LogP contribution in [0.5, 0.6) is 28.7 Å². The molecule has 1 aliphatic heterocycles. The van der Waals surface area contributed by atoms with Crippen LogP contribution in [0.25, 0.3) is 6.08 Å². The van der Waals surface area contributed by atoms with Crippen molar-refractivity contribution in [2.24, 2.45) is 0 Å². The molecule has 2 aromatic rings. The molecule has 5 atom stereocenters. The minimum Gasteiger partial charge on any atom is -0.504 e. The van der Waals surface area contributed by atoms with Crippen LogP contribution in [0.4, 0.5) is 0 Å². The van der Waals surface area contributed by atoms with Gasteiger partial charge in [0.15, 0.2) is 28.8 Å². The van der Waals surface area contributed by atoms with Crippen LogP contribution >= 0.6 is 0 Å². The number of benzene rings is 2. The van der Waals surface area contributed by atoms with Gasteiger partial charge in [0.1, 0.15) is 24.4 Å². The van der Waals surface area contributed by atoms with Gasteiger partial charge in [-0.25, -0.2) is 0 Å². The number of carbonyl (C=O) groups is 1. The number of allylic oxidation sites excluding steroid dienone is 1. The standard InChI is InChI=1S/C21H22O11/c22-8-15-18(28)19(29)20(30)21(32-15)31-14-6-3-10(16(26)17(14)27)11(23)4-1-9-2-5-12(24)13(25)7-9/h1-7,15,18-22,24-30H,8H2/b4-1+/t15-,18-,19+,20-,21-/m1/s1. The highest BCUT2D eigenvalue weighted by molar-refractivity contribution is 6.09. The predicted octanol–water partition coefficient (Wildman–Crippen LogP) is -0.416. The van der Waals surface area contributed by atoms with Crippen LogP contribution in [0, 0.1) is 0 Å². The second-order valence-corrected chi connectivity index (χ2v) is 7.07. The highest BCUT2D eigenvalue weighted by Crippen LogP contribution is 2.40. The molecule has 0 amide bonds. The number of phenolic OH excluding ortho intramolecular Hbond substituents is 4. The van der Waals surface area contributed by atoms with Gasteiger partial charge >= 0.3 is 0 Å². The molecule has 0 aliphatic carbocycles. The molecule has 0 radical (unpaired) electrons. The number of aromatic hydroxyl groups is 4. The van der Waals surface area contributed by atoms with Crippen molar-refractivity contribution in [3.05, 3.63) is 47.5 Å². The number of ketones is 1. The summed E-state index contributed by atoms with van der Waals surface area (Å²) in [6.07, 6.45) is -5.49. The lowest BCUT2D eigenvalue weighted by molar-refractivity contribution is -0.277. The maximum Gasteiger partial charge on any atom is 0.229 e. The van der Waals surface area contributed by atoms with Gasteiger partial charge in [0.25, 0.3) is 0 Å². The lowest BCUT2D eigenvalue weighted by Gasteiger charge is -2.39. The van der Waals surface area contributed by atoms with E-state index in [9.17, 15) is 45.6 Å². The lowest BCUT2D eigenvalue weighted by Crippen LogP contribution is -2.60. The van der Waals surface area contributed by atoms with E-state index < -0.39 is 60.3 Å². The van der Waals surface area contributed by atoms with Crippen molar-refractivity contribution in [2.45, 2.75) is 30.7 Å². The van der Waals surface area contributed by atoms with Gasteiger partial charge in [0, 0.05) is 0 Å². The molecule has 11 nitrogen and oxygen atoms in total. The predicted molar refractivity (Wildman–Crippen MR) is 107 cm³/mol. The fourth-order valence-electron chi connectivity index (χ4n) is 3.05. The van der Waals surface area contributed by atoms with Crippen molar-refractivity contribution in [1.29, 1.82) is 0 Å². The number of phenols is 4. The third-order valence-corrected chi connectivity index (χ3v) is 4.90. The molecule has 0 spiro atoms. The Labute approximate surface area is 181 Å². The summed E-state index contributed by atoms with van der Waals surface area (Å²) in [5.41, 5.74) is 0.0998. The average molecular weight is 450 g/mol. The van der Waals surface area contributed by atoms with E-state index in [1.165, 1.54) is 24.3 Å². The van der Waals surface area contributed by atoms with Gasteiger partial charge in [-0.1, -0.05) is 12.1 Å². The van der Waals surface area contributed by atoms with Crippen LogP contribution < -0.4 is 4.74 Å². The van der Waals surface area contributed by atoms with E-state index in [2.05, 4.69) is 0 Å². The Hall–Kier alpha value is -3.35. The second-order valence-electron chi connectivity index (χ2n) is 7.07. The lowest BCUT2D eigenvalue weighted by atomic mass is 9.99. The first-order valence-electron chi connectivity index (χ1n) is 9.40. The third kappa shape index (κ3) is 4.61. The fourth-order valence-corrected chi connectivity index (χ4v) is 3.05. The number of hydrogen-bond donors (Lipinski definition) is 8. The van der Waals surface area contributed by atoms with Gasteiger partial charge < -0.3 is 50.3 Å². The van der Waals surface area contributed by atoms with Gasteiger partial charge in [-0.3, -0.25) is 4.79 Å².